The van der Waals surface area contributed by atoms with Crippen LogP contribution in [0.2, 0.25) is 0 Å². The molecule has 0 aromatic heterocycles. The molecule has 6 heteroatoms. The van der Waals surface area contributed by atoms with E-state index in [1.54, 1.807) is 6.07 Å². The molecule has 0 spiro atoms. The topological polar surface area (TPSA) is 85.3 Å². The van der Waals surface area contributed by atoms with E-state index >= 15 is 0 Å². The summed E-state index contributed by atoms with van der Waals surface area (Å²) in [5.74, 6) is 0.345. The Morgan fingerprint density at radius 3 is 2.52 bits per heavy atom. The van der Waals surface area contributed by atoms with E-state index in [2.05, 4.69) is 41.4 Å². The third-order valence-electron chi connectivity index (χ3n) is 5.67. The minimum Gasteiger partial charge on any atom is -0.508 e. The van der Waals surface area contributed by atoms with Gasteiger partial charge in [0.25, 0.3) is 0 Å². The van der Waals surface area contributed by atoms with Gasteiger partial charge in [-0.25, -0.2) is 0 Å². The van der Waals surface area contributed by atoms with Crippen molar-refractivity contribution in [1.29, 1.82) is 0 Å². The Morgan fingerprint density at radius 1 is 1.17 bits per heavy atom. The minimum atomic E-state index is -0.00762. The monoisotopic (exact) mass is 394 g/mol. The Labute approximate surface area is 172 Å². The van der Waals surface area contributed by atoms with Gasteiger partial charge in [0.15, 0.2) is 5.84 Å². The molecule has 6 nitrogen and oxygen atoms in total. The molecular formula is C23H30N4O2. The number of phenols is 1. The van der Waals surface area contributed by atoms with Crippen LogP contribution in [-0.4, -0.2) is 57.7 Å². The van der Waals surface area contributed by atoms with Crippen LogP contribution in [0.5, 0.6) is 5.75 Å². The molecule has 3 rings (SSSR count). The van der Waals surface area contributed by atoms with Crippen LogP contribution < -0.4 is 5.73 Å². The first-order valence-electron chi connectivity index (χ1n) is 9.92. The van der Waals surface area contributed by atoms with Crippen molar-refractivity contribution in [2.24, 2.45) is 10.9 Å². The average molecular weight is 395 g/mol. The molecule has 0 amide bonds. The average Bonchev–Trinajstić information content (AvgIpc) is 2.72. The van der Waals surface area contributed by atoms with Crippen molar-refractivity contribution in [1.82, 2.24) is 9.80 Å². The number of oxime groups is 1. The van der Waals surface area contributed by atoms with E-state index in [0.29, 0.717) is 17.6 Å². The predicted molar refractivity (Wildman–Crippen MR) is 116 cm³/mol. The fourth-order valence-corrected chi connectivity index (χ4v) is 4.17. The second kappa shape index (κ2) is 9.11. The number of amidine groups is 1. The Hall–Kier alpha value is -2.83. The zero-order chi connectivity index (χ0) is 21.0. The molecule has 1 fully saturated rings. The van der Waals surface area contributed by atoms with Gasteiger partial charge in [-0.15, -0.1) is 6.58 Å². The second-order valence-corrected chi connectivity index (χ2v) is 7.74. The lowest BCUT2D eigenvalue weighted by Crippen LogP contribution is -2.57. The summed E-state index contributed by atoms with van der Waals surface area (Å²) in [4.78, 5) is 4.92. The Morgan fingerprint density at radius 2 is 1.90 bits per heavy atom. The van der Waals surface area contributed by atoms with Crippen LogP contribution in [0.25, 0.3) is 0 Å². The van der Waals surface area contributed by atoms with Crippen molar-refractivity contribution in [3.8, 4) is 5.75 Å². The lowest BCUT2D eigenvalue weighted by molar-refractivity contribution is 0.0306. The molecule has 1 aliphatic heterocycles. The van der Waals surface area contributed by atoms with Gasteiger partial charge in [-0.3, -0.25) is 9.80 Å². The van der Waals surface area contributed by atoms with E-state index in [4.69, 9.17) is 10.9 Å². The van der Waals surface area contributed by atoms with Gasteiger partial charge in [-0.2, -0.15) is 0 Å². The number of nitrogens with zero attached hydrogens (tertiary/aromatic N) is 3. The van der Waals surface area contributed by atoms with Gasteiger partial charge in [0.1, 0.15) is 5.75 Å². The largest absolute Gasteiger partial charge is 0.508 e. The summed E-state index contributed by atoms with van der Waals surface area (Å²) < 4.78 is 0. The van der Waals surface area contributed by atoms with Gasteiger partial charge >= 0.3 is 0 Å². The highest BCUT2D eigenvalue weighted by Gasteiger charge is 2.34. The molecule has 0 radical (unpaired) electrons. The number of aromatic hydroxyl groups is 1. The summed E-state index contributed by atoms with van der Waals surface area (Å²) in [6.45, 7) is 11.1. The molecular weight excluding hydrogens is 364 g/mol. The third-order valence-corrected chi connectivity index (χ3v) is 5.67. The second-order valence-electron chi connectivity index (χ2n) is 7.74. The van der Waals surface area contributed by atoms with E-state index in [1.807, 2.05) is 42.5 Å². The maximum absolute atomic E-state index is 10.1. The molecule has 154 valence electrons. The highest BCUT2D eigenvalue weighted by atomic mass is 16.4. The van der Waals surface area contributed by atoms with Crippen molar-refractivity contribution in [2.75, 3.05) is 19.6 Å². The van der Waals surface area contributed by atoms with Crippen molar-refractivity contribution in [3.63, 3.8) is 0 Å². The fourth-order valence-electron chi connectivity index (χ4n) is 4.17. The quantitative estimate of drug-likeness (QED) is 0.230. The number of piperazine rings is 1. The number of phenolic OH excluding ortho intramolecular Hbond substituents is 1. The van der Waals surface area contributed by atoms with E-state index in [-0.39, 0.29) is 17.6 Å². The van der Waals surface area contributed by atoms with E-state index in [9.17, 15) is 5.11 Å². The molecule has 2 aromatic carbocycles. The number of rotatable bonds is 6. The summed E-state index contributed by atoms with van der Waals surface area (Å²) >= 11 is 0. The van der Waals surface area contributed by atoms with Gasteiger partial charge < -0.3 is 16.0 Å². The molecule has 0 aliphatic carbocycles. The predicted octanol–water partition coefficient (Wildman–Crippen LogP) is 3.16. The summed E-state index contributed by atoms with van der Waals surface area (Å²) in [7, 11) is 0. The van der Waals surface area contributed by atoms with Crippen molar-refractivity contribution in [2.45, 2.75) is 32.0 Å². The van der Waals surface area contributed by atoms with Crippen LogP contribution in [0, 0.1) is 0 Å². The van der Waals surface area contributed by atoms with Crippen LogP contribution in [0.4, 0.5) is 0 Å². The first kappa shape index (κ1) is 20.9. The first-order chi connectivity index (χ1) is 13.9. The Kier molecular flexibility index (Phi) is 6.56. The van der Waals surface area contributed by atoms with Crippen molar-refractivity contribution >= 4 is 5.84 Å². The highest BCUT2D eigenvalue weighted by molar-refractivity contribution is 5.96. The molecule has 3 atom stereocenters. The van der Waals surface area contributed by atoms with Crippen molar-refractivity contribution < 1.29 is 10.3 Å². The van der Waals surface area contributed by atoms with Gasteiger partial charge in [-0.05, 0) is 37.1 Å². The van der Waals surface area contributed by atoms with Gasteiger partial charge in [0.2, 0.25) is 0 Å². The third kappa shape index (κ3) is 4.60. The van der Waals surface area contributed by atoms with Crippen LogP contribution in [-0.2, 0) is 0 Å². The molecule has 0 saturated carbocycles. The SMILES string of the molecule is C=CCN1C[C@H](C)N([C@H](c2ccc(C(N)=NO)cc2)c2cccc(O)c2)C[C@H]1C. The molecule has 1 saturated heterocycles. The lowest BCUT2D eigenvalue weighted by Gasteiger charge is -2.47. The summed E-state index contributed by atoms with van der Waals surface area (Å²) in [6.07, 6.45) is 1.96. The molecule has 1 aliphatic rings. The highest BCUT2D eigenvalue weighted by Crippen LogP contribution is 2.34. The summed E-state index contributed by atoms with van der Waals surface area (Å²) in [5, 5.41) is 22.1. The minimum absolute atomic E-state index is 0.00762. The maximum atomic E-state index is 10.1. The zero-order valence-corrected chi connectivity index (χ0v) is 17.1. The van der Waals surface area contributed by atoms with Gasteiger partial charge in [0.05, 0.1) is 6.04 Å². The molecule has 1 heterocycles. The van der Waals surface area contributed by atoms with E-state index in [0.717, 1.165) is 30.8 Å². The summed E-state index contributed by atoms with van der Waals surface area (Å²) in [5.41, 5.74) is 8.53. The zero-order valence-electron chi connectivity index (χ0n) is 17.1. The number of benzene rings is 2. The summed E-state index contributed by atoms with van der Waals surface area (Å²) in [6, 6.07) is 15.9. The van der Waals surface area contributed by atoms with Crippen LogP contribution in [0.15, 0.2) is 66.3 Å². The van der Waals surface area contributed by atoms with Crippen LogP contribution >= 0.6 is 0 Å². The molecule has 0 bridgehead atoms. The van der Waals surface area contributed by atoms with Gasteiger partial charge in [0, 0.05) is 37.3 Å². The van der Waals surface area contributed by atoms with Crippen LogP contribution in [0.1, 0.15) is 36.6 Å². The smallest absolute Gasteiger partial charge is 0.170 e. The van der Waals surface area contributed by atoms with E-state index < -0.39 is 0 Å². The molecule has 4 N–H and O–H groups in total. The Bertz CT molecular complexity index is 865. The first-order valence-corrected chi connectivity index (χ1v) is 9.92. The standard InChI is InChI=1S/C23H30N4O2/c1-4-12-26-14-17(3)27(15-16(26)2)22(20-6-5-7-21(28)13-20)18-8-10-19(11-9-18)23(24)25-29/h4-11,13,16-17,22,28-29H,1,12,14-15H2,2-3H3,(H2,24,25)/t16-,17+,22-/m1/s1. The Balaban J connectivity index is 1.99. The molecule has 2 aromatic rings. The van der Waals surface area contributed by atoms with E-state index in [1.165, 1.54) is 0 Å². The van der Waals surface area contributed by atoms with Gasteiger partial charge in [-0.1, -0.05) is 47.6 Å². The number of hydrogen-bond acceptors (Lipinski definition) is 5. The molecule has 0 unspecified atom stereocenters. The lowest BCUT2D eigenvalue weighted by atomic mass is 9.92. The van der Waals surface area contributed by atoms with Crippen LogP contribution in [0.3, 0.4) is 0 Å². The number of nitrogens with two attached hydrogens (primary N) is 1. The number of hydrogen-bond donors (Lipinski definition) is 3. The normalized spacial score (nSPS) is 22.3. The molecule has 29 heavy (non-hydrogen) atoms. The maximum Gasteiger partial charge on any atom is 0.170 e. The van der Waals surface area contributed by atoms with Crippen molar-refractivity contribution in [3.05, 3.63) is 77.9 Å². The fraction of sp³-hybridized carbons (Fsp3) is 0.348.